The third-order valence-electron chi connectivity index (χ3n) is 3.88. The van der Waals surface area contributed by atoms with E-state index in [9.17, 15) is 4.39 Å². The lowest BCUT2D eigenvalue weighted by molar-refractivity contribution is 0.247. The van der Waals surface area contributed by atoms with Gasteiger partial charge in [0.2, 0.25) is 0 Å². The minimum Gasteiger partial charge on any atom is -0.494 e. The highest BCUT2D eigenvalue weighted by Crippen LogP contribution is 2.26. The van der Waals surface area contributed by atoms with E-state index in [1.54, 1.807) is 12.1 Å². The summed E-state index contributed by atoms with van der Waals surface area (Å²) < 4.78 is 18.4. The number of halogens is 1. The third-order valence-corrected chi connectivity index (χ3v) is 3.88. The highest BCUT2D eigenvalue weighted by Gasteiger charge is 2.20. The SMILES string of the molecule is COc1cc(C(C)NCC(C)C(C)(C)C)ccc1F. The Balaban J connectivity index is 2.66. The van der Waals surface area contributed by atoms with Gasteiger partial charge < -0.3 is 10.1 Å². The van der Waals surface area contributed by atoms with Gasteiger partial charge in [0.25, 0.3) is 0 Å². The minimum atomic E-state index is -0.318. The van der Waals surface area contributed by atoms with Gasteiger partial charge in [-0.25, -0.2) is 4.39 Å². The standard InChI is InChI=1S/C16H26FNO/c1-11(16(3,4)5)10-18-12(2)13-7-8-14(17)15(9-13)19-6/h7-9,11-12,18H,10H2,1-6H3. The topological polar surface area (TPSA) is 21.3 Å². The first-order chi connectivity index (χ1) is 8.75. The molecule has 0 saturated heterocycles. The van der Waals surface area contributed by atoms with Crippen LogP contribution in [0, 0.1) is 17.2 Å². The van der Waals surface area contributed by atoms with E-state index in [0.717, 1.165) is 12.1 Å². The van der Waals surface area contributed by atoms with Gasteiger partial charge in [0.1, 0.15) is 0 Å². The van der Waals surface area contributed by atoms with E-state index in [2.05, 4.69) is 39.9 Å². The lowest BCUT2D eigenvalue weighted by Gasteiger charge is -2.29. The molecule has 2 unspecified atom stereocenters. The van der Waals surface area contributed by atoms with Crippen molar-refractivity contribution in [2.75, 3.05) is 13.7 Å². The van der Waals surface area contributed by atoms with Crippen molar-refractivity contribution < 1.29 is 9.13 Å². The quantitative estimate of drug-likeness (QED) is 0.864. The molecule has 0 aliphatic carbocycles. The van der Waals surface area contributed by atoms with Gasteiger partial charge in [-0.2, -0.15) is 0 Å². The maximum atomic E-state index is 13.4. The molecule has 1 aromatic carbocycles. The third kappa shape index (κ3) is 4.50. The Morgan fingerprint density at radius 2 is 1.89 bits per heavy atom. The molecule has 0 saturated carbocycles. The predicted molar refractivity (Wildman–Crippen MR) is 78.0 cm³/mol. The van der Waals surface area contributed by atoms with Crippen LogP contribution >= 0.6 is 0 Å². The molecule has 0 aliphatic rings. The smallest absolute Gasteiger partial charge is 0.165 e. The van der Waals surface area contributed by atoms with Crippen molar-refractivity contribution >= 4 is 0 Å². The Labute approximate surface area is 116 Å². The summed E-state index contributed by atoms with van der Waals surface area (Å²) >= 11 is 0. The normalized spacial score (nSPS) is 15.1. The molecule has 0 spiro atoms. The summed E-state index contributed by atoms with van der Waals surface area (Å²) in [6, 6.07) is 5.20. The summed E-state index contributed by atoms with van der Waals surface area (Å²) in [5, 5.41) is 3.50. The summed E-state index contributed by atoms with van der Waals surface area (Å²) in [4.78, 5) is 0. The van der Waals surface area contributed by atoms with E-state index in [1.807, 2.05) is 0 Å². The van der Waals surface area contributed by atoms with Crippen LogP contribution in [0.25, 0.3) is 0 Å². The zero-order chi connectivity index (χ0) is 14.6. The van der Waals surface area contributed by atoms with Crippen molar-refractivity contribution in [2.24, 2.45) is 11.3 Å². The average molecular weight is 267 g/mol. The van der Waals surface area contributed by atoms with Gasteiger partial charge >= 0.3 is 0 Å². The van der Waals surface area contributed by atoms with Crippen molar-refractivity contribution in [3.05, 3.63) is 29.6 Å². The van der Waals surface area contributed by atoms with E-state index in [0.29, 0.717) is 11.7 Å². The van der Waals surface area contributed by atoms with Crippen LogP contribution in [-0.4, -0.2) is 13.7 Å². The van der Waals surface area contributed by atoms with Crippen LogP contribution in [0.2, 0.25) is 0 Å². The Bertz CT molecular complexity index is 412. The molecule has 1 N–H and O–H groups in total. The fourth-order valence-electron chi connectivity index (χ4n) is 1.72. The maximum absolute atomic E-state index is 13.4. The predicted octanol–water partition coefficient (Wildman–Crippen LogP) is 4.17. The molecule has 1 rings (SSSR count). The molecule has 0 aromatic heterocycles. The van der Waals surface area contributed by atoms with E-state index in [4.69, 9.17) is 4.74 Å². The lowest BCUT2D eigenvalue weighted by atomic mass is 9.82. The Kier molecular flexibility index (Phi) is 5.36. The number of nitrogens with one attached hydrogen (secondary N) is 1. The number of rotatable bonds is 5. The highest BCUT2D eigenvalue weighted by molar-refractivity contribution is 5.31. The maximum Gasteiger partial charge on any atom is 0.165 e. The van der Waals surface area contributed by atoms with Crippen molar-refractivity contribution in [3.8, 4) is 5.75 Å². The van der Waals surface area contributed by atoms with Crippen LogP contribution in [0.3, 0.4) is 0 Å². The second-order valence-corrected chi connectivity index (χ2v) is 6.29. The van der Waals surface area contributed by atoms with Crippen molar-refractivity contribution in [1.82, 2.24) is 5.32 Å². The zero-order valence-electron chi connectivity index (χ0n) is 12.9. The molecule has 2 atom stereocenters. The highest BCUT2D eigenvalue weighted by atomic mass is 19.1. The number of benzene rings is 1. The average Bonchev–Trinajstić information content (AvgIpc) is 2.34. The van der Waals surface area contributed by atoms with E-state index < -0.39 is 0 Å². The summed E-state index contributed by atoms with van der Waals surface area (Å²) in [7, 11) is 1.49. The van der Waals surface area contributed by atoms with Gasteiger partial charge in [0, 0.05) is 6.04 Å². The molecule has 0 aliphatic heterocycles. The van der Waals surface area contributed by atoms with E-state index in [1.165, 1.54) is 13.2 Å². The number of ether oxygens (including phenoxy) is 1. The number of hydrogen-bond donors (Lipinski definition) is 1. The number of methoxy groups -OCH3 is 1. The summed E-state index contributed by atoms with van der Waals surface area (Å²) in [5.74, 6) is 0.550. The molecule has 0 fully saturated rings. The molecule has 19 heavy (non-hydrogen) atoms. The second kappa shape index (κ2) is 6.38. The molecular weight excluding hydrogens is 241 g/mol. The van der Waals surface area contributed by atoms with Crippen molar-refractivity contribution in [1.29, 1.82) is 0 Å². The van der Waals surface area contributed by atoms with Crippen LogP contribution in [0.5, 0.6) is 5.75 Å². The molecule has 0 bridgehead atoms. The van der Waals surface area contributed by atoms with Crippen molar-refractivity contribution in [3.63, 3.8) is 0 Å². The Morgan fingerprint density at radius 1 is 1.26 bits per heavy atom. The molecule has 0 amide bonds. The van der Waals surface area contributed by atoms with Crippen LogP contribution < -0.4 is 10.1 Å². The summed E-state index contributed by atoms with van der Waals surface area (Å²) in [6.07, 6.45) is 0. The fourth-order valence-corrected chi connectivity index (χ4v) is 1.72. The van der Waals surface area contributed by atoms with Gasteiger partial charge in [-0.1, -0.05) is 33.8 Å². The van der Waals surface area contributed by atoms with Gasteiger partial charge in [-0.15, -0.1) is 0 Å². The summed E-state index contributed by atoms with van der Waals surface area (Å²) in [6.45, 7) is 12.0. The molecule has 0 heterocycles. The number of hydrogen-bond acceptors (Lipinski definition) is 2. The van der Waals surface area contributed by atoms with Gasteiger partial charge in [0.15, 0.2) is 11.6 Å². The molecular formula is C16H26FNO. The fraction of sp³-hybridized carbons (Fsp3) is 0.625. The molecule has 2 nitrogen and oxygen atoms in total. The molecule has 3 heteroatoms. The first kappa shape index (κ1) is 16.0. The van der Waals surface area contributed by atoms with E-state index in [-0.39, 0.29) is 17.3 Å². The van der Waals surface area contributed by atoms with Crippen molar-refractivity contribution in [2.45, 2.75) is 40.7 Å². The van der Waals surface area contributed by atoms with Crippen LogP contribution in [0.15, 0.2) is 18.2 Å². The van der Waals surface area contributed by atoms with Gasteiger partial charge in [-0.3, -0.25) is 0 Å². The van der Waals surface area contributed by atoms with Crippen LogP contribution in [0.1, 0.15) is 46.2 Å². The Morgan fingerprint density at radius 3 is 2.42 bits per heavy atom. The first-order valence-corrected chi connectivity index (χ1v) is 6.82. The Hall–Kier alpha value is -1.09. The second-order valence-electron chi connectivity index (χ2n) is 6.29. The van der Waals surface area contributed by atoms with E-state index >= 15 is 0 Å². The van der Waals surface area contributed by atoms with Crippen LogP contribution in [0.4, 0.5) is 4.39 Å². The minimum absolute atomic E-state index is 0.180. The van der Waals surface area contributed by atoms with Gasteiger partial charge in [0.05, 0.1) is 7.11 Å². The summed E-state index contributed by atoms with van der Waals surface area (Å²) in [5.41, 5.74) is 1.33. The lowest BCUT2D eigenvalue weighted by Crippen LogP contribution is -2.31. The largest absolute Gasteiger partial charge is 0.494 e. The zero-order valence-corrected chi connectivity index (χ0v) is 12.9. The molecule has 108 valence electrons. The molecule has 1 aromatic rings. The van der Waals surface area contributed by atoms with Crippen LogP contribution in [-0.2, 0) is 0 Å². The monoisotopic (exact) mass is 267 g/mol. The molecule has 0 radical (unpaired) electrons. The first-order valence-electron chi connectivity index (χ1n) is 6.82. The van der Waals surface area contributed by atoms with Gasteiger partial charge in [-0.05, 0) is 42.5 Å².